The molecule has 0 aliphatic heterocycles. The lowest BCUT2D eigenvalue weighted by atomic mass is 10.0. The molecule has 31 heavy (non-hydrogen) atoms. The van der Waals surface area contributed by atoms with Crippen LogP contribution in [-0.4, -0.2) is 37.5 Å². The van der Waals surface area contributed by atoms with E-state index in [9.17, 15) is 19.8 Å². The SMILES string of the molecule is Cc1cc(C)c(CNC(=O)c2cc(C(O)CO)cc3c2cnn3C2CCCC2)c(=O)[nH]1. The number of H-pyrrole nitrogens is 1. The molecule has 3 aromatic rings. The van der Waals surface area contributed by atoms with Crippen molar-refractivity contribution in [2.24, 2.45) is 0 Å². The monoisotopic (exact) mass is 424 g/mol. The highest BCUT2D eigenvalue weighted by Crippen LogP contribution is 2.33. The van der Waals surface area contributed by atoms with E-state index in [0.717, 1.165) is 42.5 Å². The van der Waals surface area contributed by atoms with Crippen LogP contribution in [0.3, 0.4) is 0 Å². The molecular formula is C23H28N4O4. The zero-order chi connectivity index (χ0) is 22.1. The first-order valence-corrected chi connectivity index (χ1v) is 10.7. The third-order valence-corrected chi connectivity index (χ3v) is 6.13. The number of carbonyl (C=O) groups excluding carboxylic acids is 1. The predicted octanol–water partition coefficient (Wildman–Crippen LogP) is 2.41. The second kappa shape index (κ2) is 8.64. The van der Waals surface area contributed by atoms with Gasteiger partial charge in [0.2, 0.25) is 0 Å². The minimum absolute atomic E-state index is 0.0886. The molecule has 8 nitrogen and oxygen atoms in total. The summed E-state index contributed by atoms with van der Waals surface area (Å²) in [7, 11) is 0. The van der Waals surface area contributed by atoms with Gasteiger partial charge in [-0.2, -0.15) is 5.10 Å². The molecule has 0 bridgehead atoms. The number of fused-ring (bicyclic) bond motifs is 1. The van der Waals surface area contributed by atoms with Gasteiger partial charge >= 0.3 is 0 Å². The molecule has 0 saturated heterocycles. The number of aryl methyl sites for hydroxylation is 2. The molecule has 1 fully saturated rings. The molecule has 2 aromatic heterocycles. The number of aromatic nitrogens is 3. The second-order valence-corrected chi connectivity index (χ2v) is 8.35. The van der Waals surface area contributed by atoms with Crippen LogP contribution < -0.4 is 10.9 Å². The van der Waals surface area contributed by atoms with Crippen molar-refractivity contribution in [2.45, 2.75) is 58.2 Å². The van der Waals surface area contributed by atoms with Gasteiger partial charge in [-0.1, -0.05) is 12.8 Å². The molecule has 1 atom stereocenters. The lowest BCUT2D eigenvalue weighted by Crippen LogP contribution is -2.28. The molecular weight excluding hydrogens is 396 g/mol. The molecule has 1 aliphatic rings. The predicted molar refractivity (Wildman–Crippen MR) is 117 cm³/mol. The summed E-state index contributed by atoms with van der Waals surface area (Å²) >= 11 is 0. The molecule has 0 spiro atoms. The Morgan fingerprint density at radius 3 is 2.71 bits per heavy atom. The Bertz CT molecular complexity index is 1170. The molecule has 164 valence electrons. The summed E-state index contributed by atoms with van der Waals surface area (Å²) in [5.74, 6) is -0.359. The number of hydrogen-bond acceptors (Lipinski definition) is 5. The van der Waals surface area contributed by atoms with Crippen molar-refractivity contribution in [1.82, 2.24) is 20.1 Å². The van der Waals surface area contributed by atoms with E-state index in [4.69, 9.17) is 0 Å². The molecule has 2 heterocycles. The van der Waals surface area contributed by atoms with Crippen LogP contribution in [0.4, 0.5) is 0 Å². The van der Waals surface area contributed by atoms with E-state index in [1.165, 1.54) is 0 Å². The highest BCUT2D eigenvalue weighted by molar-refractivity contribution is 6.06. The summed E-state index contributed by atoms with van der Waals surface area (Å²) in [6.45, 7) is 3.30. The fraction of sp³-hybridized carbons (Fsp3) is 0.435. The van der Waals surface area contributed by atoms with Crippen LogP contribution in [0.15, 0.2) is 29.2 Å². The van der Waals surface area contributed by atoms with Gasteiger partial charge in [0.15, 0.2) is 0 Å². The lowest BCUT2D eigenvalue weighted by Gasteiger charge is -2.15. The first-order chi connectivity index (χ1) is 14.9. The van der Waals surface area contributed by atoms with Crippen LogP contribution in [-0.2, 0) is 6.54 Å². The summed E-state index contributed by atoms with van der Waals surface area (Å²) < 4.78 is 1.93. The summed E-state index contributed by atoms with van der Waals surface area (Å²) in [5, 5.41) is 27.7. The normalized spacial score (nSPS) is 15.5. The molecule has 1 amide bonds. The topological polar surface area (TPSA) is 120 Å². The van der Waals surface area contributed by atoms with E-state index in [1.807, 2.05) is 24.6 Å². The first kappa shape index (κ1) is 21.3. The second-order valence-electron chi connectivity index (χ2n) is 8.35. The number of rotatable bonds is 6. The Hall–Kier alpha value is -2.97. The number of aromatic amines is 1. The summed E-state index contributed by atoms with van der Waals surface area (Å²) in [6.07, 6.45) is 4.93. The fourth-order valence-corrected chi connectivity index (χ4v) is 4.46. The van der Waals surface area contributed by atoms with Crippen molar-refractivity contribution in [3.63, 3.8) is 0 Å². The van der Waals surface area contributed by atoms with E-state index in [1.54, 1.807) is 18.3 Å². The molecule has 1 saturated carbocycles. The highest BCUT2D eigenvalue weighted by atomic mass is 16.3. The lowest BCUT2D eigenvalue weighted by molar-refractivity contribution is 0.0937. The van der Waals surface area contributed by atoms with E-state index in [0.29, 0.717) is 22.1 Å². The van der Waals surface area contributed by atoms with Crippen molar-refractivity contribution in [3.8, 4) is 0 Å². The molecule has 1 aliphatic carbocycles. The van der Waals surface area contributed by atoms with Gasteiger partial charge in [-0.15, -0.1) is 0 Å². The average molecular weight is 425 g/mol. The average Bonchev–Trinajstić information content (AvgIpc) is 3.40. The summed E-state index contributed by atoms with van der Waals surface area (Å²) in [4.78, 5) is 28.1. The maximum absolute atomic E-state index is 13.1. The minimum Gasteiger partial charge on any atom is -0.393 e. The smallest absolute Gasteiger partial charge is 0.253 e. The van der Waals surface area contributed by atoms with Gasteiger partial charge in [0.1, 0.15) is 6.10 Å². The van der Waals surface area contributed by atoms with Gasteiger partial charge in [-0.05, 0) is 56.0 Å². The maximum atomic E-state index is 13.1. The number of aliphatic hydroxyl groups is 2. The van der Waals surface area contributed by atoms with Crippen LogP contribution in [0.5, 0.6) is 0 Å². The zero-order valence-corrected chi connectivity index (χ0v) is 17.8. The quantitative estimate of drug-likeness (QED) is 0.484. The van der Waals surface area contributed by atoms with Crippen LogP contribution in [0.2, 0.25) is 0 Å². The summed E-state index contributed by atoms with van der Waals surface area (Å²) in [6, 6.07) is 5.52. The number of hydrogen-bond donors (Lipinski definition) is 4. The zero-order valence-electron chi connectivity index (χ0n) is 17.8. The molecule has 0 radical (unpaired) electrons. The minimum atomic E-state index is -1.09. The molecule has 1 aromatic carbocycles. The third-order valence-electron chi connectivity index (χ3n) is 6.13. The Morgan fingerprint density at radius 1 is 1.29 bits per heavy atom. The van der Waals surface area contributed by atoms with Crippen molar-refractivity contribution in [3.05, 3.63) is 62.7 Å². The van der Waals surface area contributed by atoms with E-state index in [2.05, 4.69) is 15.4 Å². The fourth-order valence-electron chi connectivity index (χ4n) is 4.46. The van der Waals surface area contributed by atoms with Gasteiger partial charge in [0.25, 0.3) is 11.5 Å². The van der Waals surface area contributed by atoms with Crippen LogP contribution in [0.1, 0.15) is 70.6 Å². The van der Waals surface area contributed by atoms with Gasteiger partial charge in [-0.3, -0.25) is 14.3 Å². The number of nitrogens with one attached hydrogen (secondary N) is 2. The Kier molecular flexibility index (Phi) is 5.93. The van der Waals surface area contributed by atoms with Gasteiger partial charge in [0, 0.05) is 23.2 Å². The first-order valence-electron chi connectivity index (χ1n) is 10.7. The van der Waals surface area contributed by atoms with Gasteiger partial charge in [0.05, 0.1) is 29.9 Å². The number of aliphatic hydroxyl groups excluding tert-OH is 2. The van der Waals surface area contributed by atoms with Crippen LogP contribution >= 0.6 is 0 Å². The van der Waals surface area contributed by atoms with E-state index < -0.39 is 12.7 Å². The highest BCUT2D eigenvalue weighted by Gasteiger charge is 2.23. The molecule has 4 N–H and O–H groups in total. The van der Waals surface area contributed by atoms with Crippen molar-refractivity contribution in [1.29, 1.82) is 0 Å². The largest absolute Gasteiger partial charge is 0.393 e. The number of amides is 1. The van der Waals surface area contributed by atoms with Crippen LogP contribution in [0, 0.1) is 13.8 Å². The standard InChI is InChI=1S/C23H28N4O4/c1-13-7-14(2)26-23(31)18(13)10-24-22(30)17-8-15(21(29)12-28)9-20-19(17)11-25-27(20)16-5-3-4-6-16/h7-9,11,16,21,28-29H,3-6,10,12H2,1-2H3,(H,24,30)(H,26,31). The summed E-state index contributed by atoms with van der Waals surface area (Å²) in [5.41, 5.74) is 3.46. The number of benzene rings is 1. The van der Waals surface area contributed by atoms with E-state index in [-0.39, 0.29) is 24.1 Å². The van der Waals surface area contributed by atoms with Crippen molar-refractivity contribution < 1.29 is 15.0 Å². The number of pyridine rings is 1. The Balaban J connectivity index is 1.70. The number of nitrogens with zero attached hydrogens (tertiary/aromatic N) is 2. The third kappa shape index (κ3) is 4.13. The maximum Gasteiger partial charge on any atom is 0.253 e. The van der Waals surface area contributed by atoms with Crippen molar-refractivity contribution >= 4 is 16.8 Å². The van der Waals surface area contributed by atoms with E-state index >= 15 is 0 Å². The van der Waals surface area contributed by atoms with Crippen molar-refractivity contribution in [2.75, 3.05) is 6.61 Å². The molecule has 1 unspecified atom stereocenters. The number of carbonyl (C=O) groups is 1. The Morgan fingerprint density at radius 2 is 2.03 bits per heavy atom. The molecule has 8 heteroatoms. The van der Waals surface area contributed by atoms with Crippen LogP contribution in [0.25, 0.3) is 10.9 Å². The van der Waals surface area contributed by atoms with Gasteiger partial charge in [-0.25, -0.2) is 0 Å². The van der Waals surface area contributed by atoms with Gasteiger partial charge < -0.3 is 20.5 Å². The molecule has 4 rings (SSSR count). The Labute approximate surface area is 179 Å².